The Bertz CT molecular complexity index is 666. The summed E-state index contributed by atoms with van der Waals surface area (Å²) in [6.07, 6.45) is 0.949. The molecule has 2 N–H and O–H groups in total. The van der Waals surface area contributed by atoms with Gasteiger partial charge in [-0.1, -0.05) is 31.2 Å². The van der Waals surface area contributed by atoms with Crippen molar-refractivity contribution < 1.29 is 14.7 Å². The maximum atomic E-state index is 11.9. The molecule has 0 bridgehead atoms. The number of hydrogen-bond donors (Lipinski definition) is 2. The summed E-state index contributed by atoms with van der Waals surface area (Å²) >= 11 is 0. The molecular weight excluding hydrogens is 280 g/mol. The second-order valence-corrected chi connectivity index (χ2v) is 4.82. The molecule has 114 valence electrons. The van der Waals surface area contributed by atoms with E-state index in [0.717, 1.165) is 12.1 Å². The van der Waals surface area contributed by atoms with Gasteiger partial charge in [0.25, 0.3) is 0 Å². The fourth-order valence-corrected chi connectivity index (χ4v) is 1.97. The van der Waals surface area contributed by atoms with Crippen molar-refractivity contribution in [2.24, 2.45) is 0 Å². The van der Waals surface area contributed by atoms with Gasteiger partial charge in [0.05, 0.1) is 12.5 Å². The summed E-state index contributed by atoms with van der Waals surface area (Å²) in [7, 11) is 0. The fourth-order valence-electron chi connectivity index (χ4n) is 1.97. The second kappa shape index (κ2) is 7.26. The van der Waals surface area contributed by atoms with E-state index in [0.29, 0.717) is 5.69 Å². The summed E-state index contributed by atoms with van der Waals surface area (Å²) in [4.78, 5) is 22.6. The number of hydrogen-bond acceptors (Lipinski definition) is 4. The zero-order chi connectivity index (χ0) is 15.9. The zero-order valence-corrected chi connectivity index (χ0v) is 12.3. The molecule has 0 aliphatic carbocycles. The molecule has 0 unspecified atom stereocenters. The van der Waals surface area contributed by atoms with Crippen LogP contribution in [0.3, 0.4) is 0 Å². The number of anilines is 2. The maximum Gasteiger partial charge on any atom is 0.243 e. The van der Waals surface area contributed by atoms with E-state index in [1.165, 1.54) is 17.7 Å². The molecule has 5 nitrogen and oxygen atoms in total. The van der Waals surface area contributed by atoms with E-state index >= 15 is 0 Å². The summed E-state index contributed by atoms with van der Waals surface area (Å²) in [5.74, 6) is -1.45. The zero-order valence-electron chi connectivity index (χ0n) is 12.3. The van der Waals surface area contributed by atoms with E-state index < -0.39 is 5.97 Å². The number of aromatic carboxylic acids is 1. The highest BCUT2D eigenvalue weighted by Crippen LogP contribution is 2.11. The first-order valence-corrected chi connectivity index (χ1v) is 7.02. The van der Waals surface area contributed by atoms with Crippen LogP contribution in [0.4, 0.5) is 11.4 Å². The lowest BCUT2D eigenvalue weighted by molar-refractivity contribution is -0.255. The van der Waals surface area contributed by atoms with E-state index in [2.05, 4.69) is 17.6 Å². The highest BCUT2D eigenvalue weighted by molar-refractivity contribution is 5.94. The summed E-state index contributed by atoms with van der Waals surface area (Å²) in [6.45, 7) is 2.12. The van der Waals surface area contributed by atoms with Gasteiger partial charge in [0.1, 0.15) is 0 Å². The first-order valence-electron chi connectivity index (χ1n) is 7.02. The highest BCUT2D eigenvalue weighted by Gasteiger charge is 2.03. The van der Waals surface area contributed by atoms with Crippen LogP contribution in [-0.4, -0.2) is 18.4 Å². The predicted octanol–water partition coefficient (Wildman–Crippen LogP) is 1.66. The molecule has 1 amide bonds. The van der Waals surface area contributed by atoms with Crippen LogP contribution in [0.2, 0.25) is 0 Å². The molecule has 0 atom stereocenters. The number of rotatable bonds is 6. The molecule has 0 aliphatic rings. The van der Waals surface area contributed by atoms with Crippen molar-refractivity contribution in [2.45, 2.75) is 13.3 Å². The van der Waals surface area contributed by atoms with E-state index in [-0.39, 0.29) is 18.0 Å². The molecule has 0 saturated carbocycles. The van der Waals surface area contributed by atoms with Gasteiger partial charge in [0.15, 0.2) is 0 Å². The van der Waals surface area contributed by atoms with Crippen molar-refractivity contribution in [3.8, 4) is 0 Å². The van der Waals surface area contributed by atoms with E-state index in [4.69, 9.17) is 0 Å². The Labute approximate surface area is 129 Å². The van der Waals surface area contributed by atoms with Crippen molar-refractivity contribution in [1.82, 2.24) is 0 Å². The topological polar surface area (TPSA) is 81.3 Å². The predicted molar refractivity (Wildman–Crippen MR) is 83.7 cm³/mol. The van der Waals surface area contributed by atoms with Gasteiger partial charge in [-0.25, -0.2) is 0 Å². The number of carboxylic acid groups (broad SMARTS) is 1. The van der Waals surface area contributed by atoms with Crippen LogP contribution < -0.4 is 15.7 Å². The first kappa shape index (κ1) is 15.6. The average Bonchev–Trinajstić information content (AvgIpc) is 2.54. The van der Waals surface area contributed by atoms with E-state index in [1.54, 1.807) is 12.1 Å². The van der Waals surface area contributed by atoms with Gasteiger partial charge in [-0.3, -0.25) is 4.79 Å². The molecule has 0 spiro atoms. The average molecular weight is 297 g/mol. The van der Waals surface area contributed by atoms with Crippen molar-refractivity contribution in [3.63, 3.8) is 0 Å². The fraction of sp³-hybridized carbons (Fsp3) is 0.176. The quantitative estimate of drug-likeness (QED) is 0.849. The van der Waals surface area contributed by atoms with Crippen LogP contribution in [0.5, 0.6) is 0 Å². The lowest BCUT2D eigenvalue weighted by Crippen LogP contribution is -2.23. The summed E-state index contributed by atoms with van der Waals surface area (Å²) < 4.78 is 0. The Morgan fingerprint density at radius 2 is 1.77 bits per heavy atom. The molecule has 2 rings (SSSR count). The van der Waals surface area contributed by atoms with Gasteiger partial charge < -0.3 is 20.5 Å². The Hall–Kier alpha value is -2.82. The number of aryl methyl sites for hydroxylation is 1. The molecule has 0 fully saturated rings. The number of carboxylic acids is 1. The van der Waals surface area contributed by atoms with Crippen LogP contribution in [0.1, 0.15) is 22.8 Å². The SMILES string of the molecule is CCc1ccc(NC(=O)CNc2cccc(C(=O)[O-])c2)cc1. The van der Waals surface area contributed by atoms with Crippen LogP contribution >= 0.6 is 0 Å². The van der Waals surface area contributed by atoms with Crippen molar-refractivity contribution in [3.05, 3.63) is 59.7 Å². The molecule has 22 heavy (non-hydrogen) atoms. The molecule has 0 heterocycles. The molecule has 0 aromatic heterocycles. The van der Waals surface area contributed by atoms with Crippen molar-refractivity contribution in [2.75, 3.05) is 17.2 Å². The lowest BCUT2D eigenvalue weighted by atomic mass is 10.1. The van der Waals surface area contributed by atoms with Crippen molar-refractivity contribution in [1.29, 1.82) is 0 Å². The second-order valence-electron chi connectivity index (χ2n) is 4.82. The van der Waals surface area contributed by atoms with Crippen molar-refractivity contribution >= 4 is 23.3 Å². The minimum atomic E-state index is -1.25. The van der Waals surface area contributed by atoms with Gasteiger partial charge in [-0.05, 0) is 41.8 Å². The standard InChI is InChI=1S/C17H18N2O3/c1-2-12-6-8-14(9-7-12)19-16(20)11-18-15-5-3-4-13(10-15)17(21)22/h3-10,18H,2,11H2,1H3,(H,19,20)(H,21,22)/p-1. The summed E-state index contributed by atoms with van der Waals surface area (Å²) in [5, 5.41) is 16.4. The molecule has 2 aromatic carbocycles. The lowest BCUT2D eigenvalue weighted by Gasteiger charge is -2.10. The normalized spacial score (nSPS) is 10.0. The molecule has 0 saturated heterocycles. The molecule has 5 heteroatoms. The third-order valence-corrected chi connectivity index (χ3v) is 3.20. The van der Waals surface area contributed by atoms with Gasteiger partial charge in [-0.2, -0.15) is 0 Å². The first-order chi connectivity index (χ1) is 10.6. The van der Waals surface area contributed by atoms with Gasteiger partial charge in [0, 0.05) is 11.4 Å². The smallest absolute Gasteiger partial charge is 0.243 e. The molecule has 2 aromatic rings. The summed E-state index contributed by atoms with van der Waals surface area (Å²) in [6, 6.07) is 13.8. The minimum absolute atomic E-state index is 0.0476. The van der Waals surface area contributed by atoms with Crippen LogP contribution in [0.25, 0.3) is 0 Å². The van der Waals surface area contributed by atoms with E-state index in [1.807, 2.05) is 24.3 Å². The highest BCUT2D eigenvalue weighted by atomic mass is 16.4. The molecule has 0 radical (unpaired) electrons. The number of amides is 1. The number of carbonyl (C=O) groups is 2. The summed E-state index contributed by atoms with van der Waals surface area (Å²) in [5.41, 5.74) is 2.56. The Kier molecular flexibility index (Phi) is 5.14. The third-order valence-electron chi connectivity index (χ3n) is 3.20. The van der Waals surface area contributed by atoms with Crippen LogP contribution in [-0.2, 0) is 11.2 Å². The van der Waals surface area contributed by atoms with Gasteiger partial charge in [-0.15, -0.1) is 0 Å². The number of benzene rings is 2. The van der Waals surface area contributed by atoms with E-state index in [9.17, 15) is 14.7 Å². The largest absolute Gasteiger partial charge is 0.545 e. The number of carbonyl (C=O) groups excluding carboxylic acids is 2. The van der Waals surface area contributed by atoms with Gasteiger partial charge >= 0.3 is 0 Å². The maximum absolute atomic E-state index is 11.9. The molecule has 0 aliphatic heterocycles. The Morgan fingerprint density at radius 3 is 2.41 bits per heavy atom. The van der Waals surface area contributed by atoms with Crippen LogP contribution in [0.15, 0.2) is 48.5 Å². The Morgan fingerprint density at radius 1 is 1.05 bits per heavy atom. The number of nitrogens with one attached hydrogen (secondary N) is 2. The monoisotopic (exact) mass is 297 g/mol. The Balaban J connectivity index is 1.89. The third kappa shape index (κ3) is 4.34. The minimum Gasteiger partial charge on any atom is -0.545 e. The molecular formula is C17H17N2O3-. The van der Waals surface area contributed by atoms with Gasteiger partial charge in [0.2, 0.25) is 5.91 Å². The van der Waals surface area contributed by atoms with Crippen LogP contribution in [0, 0.1) is 0 Å².